The highest BCUT2D eigenvalue weighted by Crippen LogP contribution is 2.36. The van der Waals surface area contributed by atoms with Crippen LogP contribution in [0.5, 0.6) is 0 Å². The quantitative estimate of drug-likeness (QED) is 0.519. The van der Waals surface area contributed by atoms with Gasteiger partial charge >= 0.3 is 0 Å². The lowest BCUT2D eigenvalue weighted by Gasteiger charge is -2.08. The molecule has 98 valence electrons. The fourth-order valence-electron chi connectivity index (χ4n) is 1.24. The Morgan fingerprint density at radius 3 is 2.25 bits per heavy atom. The van der Waals surface area contributed by atoms with Gasteiger partial charge in [0.25, 0.3) is 5.69 Å². The van der Waals surface area contributed by atoms with Crippen LogP contribution in [0.1, 0.15) is 0 Å². The van der Waals surface area contributed by atoms with Crippen molar-refractivity contribution in [1.82, 2.24) is 0 Å². The summed E-state index contributed by atoms with van der Waals surface area (Å²) in [7, 11) is 0. The molecule has 0 atom stereocenters. The average molecular weight is 308 g/mol. The van der Waals surface area contributed by atoms with Crippen LogP contribution in [0.2, 0.25) is 10.0 Å². The number of hydrogen-bond acceptors (Lipinski definition) is 6. The lowest BCUT2D eigenvalue weighted by Crippen LogP contribution is -2.04. The van der Waals surface area contributed by atoms with Gasteiger partial charge in [-0.2, -0.15) is 15.8 Å². The van der Waals surface area contributed by atoms with E-state index in [1.54, 1.807) is 6.07 Å². The molecule has 0 aliphatic heterocycles. The summed E-state index contributed by atoms with van der Waals surface area (Å²) in [4.78, 5) is 10.2. The van der Waals surface area contributed by atoms with Crippen LogP contribution in [0, 0.1) is 44.1 Å². The van der Waals surface area contributed by atoms with Crippen molar-refractivity contribution >= 4 is 34.6 Å². The molecule has 0 aliphatic rings. The molecule has 0 saturated heterocycles. The van der Waals surface area contributed by atoms with Crippen LogP contribution in [0.3, 0.4) is 0 Å². The number of nitrogens with zero attached hydrogens (tertiary/aromatic N) is 4. The topological polar surface area (TPSA) is 127 Å². The van der Waals surface area contributed by atoms with Crippen LogP contribution in [0.4, 0.5) is 11.4 Å². The Balaban J connectivity index is 3.48. The normalized spacial score (nSPS) is 8.75. The zero-order valence-corrected chi connectivity index (χ0v) is 11.0. The highest BCUT2D eigenvalue weighted by atomic mass is 35.5. The van der Waals surface area contributed by atoms with Crippen molar-refractivity contribution in [3.05, 3.63) is 43.6 Å². The summed E-state index contributed by atoms with van der Waals surface area (Å²) in [6, 6.07) is 6.82. The fourth-order valence-corrected chi connectivity index (χ4v) is 1.77. The molecule has 0 bridgehead atoms. The first kappa shape index (κ1) is 15.3. The van der Waals surface area contributed by atoms with Crippen LogP contribution in [0.25, 0.3) is 0 Å². The Morgan fingerprint density at radius 2 is 1.80 bits per heavy atom. The number of hydrogen-bond donors (Lipinski definition) is 1. The first-order chi connectivity index (χ1) is 9.44. The van der Waals surface area contributed by atoms with Crippen molar-refractivity contribution in [3.63, 3.8) is 0 Å². The maximum absolute atomic E-state index is 10.9. The number of nitro benzene ring substituents is 1. The SMILES string of the molecule is N#CC(C#N)=C(C#N)Nc1c(Cl)cc(Cl)cc1[N+](=O)[O-]. The third-order valence-corrected chi connectivity index (χ3v) is 2.58. The Kier molecular flexibility index (Phi) is 4.88. The number of anilines is 1. The number of nitriles is 3. The molecule has 0 heterocycles. The number of allylic oxidation sites excluding steroid dienone is 2. The second-order valence-electron chi connectivity index (χ2n) is 3.25. The highest BCUT2D eigenvalue weighted by Gasteiger charge is 2.20. The molecule has 1 rings (SSSR count). The van der Waals surface area contributed by atoms with E-state index < -0.39 is 21.9 Å². The third kappa shape index (κ3) is 3.15. The van der Waals surface area contributed by atoms with E-state index in [4.69, 9.17) is 39.0 Å². The Labute approximate surface area is 123 Å². The van der Waals surface area contributed by atoms with E-state index in [-0.39, 0.29) is 15.7 Å². The maximum atomic E-state index is 10.9. The molecule has 0 saturated carbocycles. The monoisotopic (exact) mass is 307 g/mol. The molecule has 1 aromatic carbocycles. The van der Waals surface area contributed by atoms with Gasteiger partial charge in [-0.1, -0.05) is 23.2 Å². The van der Waals surface area contributed by atoms with E-state index in [1.807, 2.05) is 0 Å². The summed E-state index contributed by atoms with van der Waals surface area (Å²) >= 11 is 11.5. The molecule has 0 fully saturated rings. The van der Waals surface area contributed by atoms with Crippen molar-refractivity contribution in [2.75, 3.05) is 5.32 Å². The summed E-state index contributed by atoms with van der Waals surface area (Å²) in [5.74, 6) is 0. The summed E-state index contributed by atoms with van der Waals surface area (Å²) in [6.45, 7) is 0. The van der Waals surface area contributed by atoms with Crippen molar-refractivity contribution < 1.29 is 4.92 Å². The van der Waals surface area contributed by atoms with E-state index >= 15 is 0 Å². The number of nitro groups is 1. The second-order valence-corrected chi connectivity index (χ2v) is 4.09. The first-order valence-electron chi connectivity index (χ1n) is 4.79. The molecular formula is C11H3Cl2N5O2. The predicted molar refractivity (Wildman–Crippen MR) is 70.6 cm³/mol. The van der Waals surface area contributed by atoms with Crippen LogP contribution in [0.15, 0.2) is 23.4 Å². The molecule has 9 heteroatoms. The minimum absolute atomic E-state index is 0.0375. The van der Waals surface area contributed by atoms with Gasteiger partial charge in [-0.15, -0.1) is 0 Å². The van der Waals surface area contributed by atoms with Crippen molar-refractivity contribution in [2.45, 2.75) is 0 Å². The van der Waals surface area contributed by atoms with E-state index in [0.29, 0.717) is 0 Å². The predicted octanol–water partition coefficient (Wildman–Crippen LogP) is 3.14. The van der Waals surface area contributed by atoms with Gasteiger partial charge < -0.3 is 5.32 Å². The van der Waals surface area contributed by atoms with Crippen molar-refractivity contribution in [2.24, 2.45) is 0 Å². The smallest absolute Gasteiger partial charge is 0.295 e. The average Bonchev–Trinajstić information content (AvgIpc) is 2.40. The Hall–Kier alpha value is -2.79. The standard InChI is InChI=1S/C11H3Cl2N5O2/c12-7-1-8(13)11(10(2-7)18(19)20)17-9(5-16)6(3-14)4-15/h1-2,17H. The fraction of sp³-hybridized carbons (Fsp3) is 0. The second kappa shape index (κ2) is 6.40. The third-order valence-electron chi connectivity index (χ3n) is 2.07. The van der Waals surface area contributed by atoms with E-state index in [9.17, 15) is 10.1 Å². The van der Waals surface area contributed by atoms with Crippen LogP contribution >= 0.6 is 23.2 Å². The summed E-state index contributed by atoms with van der Waals surface area (Å²) < 4.78 is 0. The largest absolute Gasteiger partial charge is 0.338 e. The zero-order valence-electron chi connectivity index (χ0n) is 9.52. The van der Waals surface area contributed by atoms with Crippen LogP contribution in [-0.4, -0.2) is 4.92 Å². The number of halogens is 2. The zero-order chi connectivity index (χ0) is 15.3. The summed E-state index contributed by atoms with van der Waals surface area (Å²) in [6.07, 6.45) is 0. The van der Waals surface area contributed by atoms with E-state index in [0.717, 1.165) is 6.07 Å². The Morgan fingerprint density at radius 1 is 1.20 bits per heavy atom. The van der Waals surface area contributed by atoms with Gasteiger partial charge in [-0.05, 0) is 6.07 Å². The first-order valence-corrected chi connectivity index (χ1v) is 5.55. The molecule has 0 unspecified atom stereocenters. The van der Waals surface area contributed by atoms with Gasteiger partial charge in [0.05, 0.1) is 9.95 Å². The van der Waals surface area contributed by atoms with Crippen molar-refractivity contribution in [1.29, 1.82) is 15.8 Å². The molecule has 7 nitrogen and oxygen atoms in total. The molecule has 0 radical (unpaired) electrons. The van der Waals surface area contributed by atoms with Gasteiger partial charge in [-0.25, -0.2) is 0 Å². The van der Waals surface area contributed by atoms with Gasteiger partial charge in [0.2, 0.25) is 0 Å². The molecule has 0 spiro atoms. The van der Waals surface area contributed by atoms with Crippen LogP contribution < -0.4 is 5.32 Å². The van der Waals surface area contributed by atoms with Gasteiger partial charge in [0, 0.05) is 11.1 Å². The van der Waals surface area contributed by atoms with E-state index in [2.05, 4.69) is 5.32 Å². The lowest BCUT2D eigenvalue weighted by atomic mass is 10.2. The molecule has 0 amide bonds. The molecule has 0 aliphatic carbocycles. The molecule has 0 aromatic heterocycles. The van der Waals surface area contributed by atoms with Gasteiger partial charge in [0.1, 0.15) is 29.6 Å². The Bertz CT molecular complexity index is 721. The minimum Gasteiger partial charge on any atom is -0.338 e. The molecule has 1 N–H and O–H groups in total. The number of nitrogens with one attached hydrogen (secondary N) is 1. The van der Waals surface area contributed by atoms with Crippen LogP contribution in [-0.2, 0) is 0 Å². The molecule has 1 aromatic rings. The molecular weight excluding hydrogens is 305 g/mol. The maximum Gasteiger partial charge on any atom is 0.295 e. The highest BCUT2D eigenvalue weighted by molar-refractivity contribution is 6.37. The minimum atomic E-state index is -0.756. The van der Waals surface area contributed by atoms with Gasteiger partial charge in [-0.3, -0.25) is 10.1 Å². The lowest BCUT2D eigenvalue weighted by molar-refractivity contribution is -0.383. The van der Waals surface area contributed by atoms with Gasteiger partial charge in [0.15, 0.2) is 5.57 Å². The van der Waals surface area contributed by atoms with Crippen molar-refractivity contribution in [3.8, 4) is 18.2 Å². The molecule has 20 heavy (non-hydrogen) atoms. The summed E-state index contributed by atoms with van der Waals surface area (Å²) in [5, 5.41) is 39.4. The number of rotatable bonds is 3. The number of benzene rings is 1. The summed E-state index contributed by atoms with van der Waals surface area (Å²) in [5.41, 5.74) is -1.67. The van der Waals surface area contributed by atoms with E-state index in [1.165, 1.54) is 18.2 Å².